The molecule has 0 aromatic carbocycles. The molecule has 33 heavy (non-hydrogen) atoms. The zero-order valence-electron chi connectivity index (χ0n) is 17.7. The van der Waals surface area contributed by atoms with Gasteiger partial charge < -0.3 is 24.5 Å². The van der Waals surface area contributed by atoms with Crippen LogP contribution in [0.15, 0.2) is 30.7 Å². The van der Waals surface area contributed by atoms with Crippen molar-refractivity contribution in [1.29, 1.82) is 0 Å². The molecule has 1 saturated heterocycles. The summed E-state index contributed by atoms with van der Waals surface area (Å²) in [6, 6.07) is 3.91. The van der Waals surface area contributed by atoms with Crippen molar-refractivity contribution in [2.45, 2.75) is 25.6 Å². The van der Waals surface area contributed by atoms with Gasteiger partial charge in [0, 0.05) is 23.3 Å². The molecule has 1 fully saturated rings. The molecule has 0 amide bonds. The number of hydrogen-bond acceptors (Lipinski definition) is 9. The molecular formula is C21H20N8O4. The van der Waals surface area contributed by atoms with E-state index in [9.17, 15) is 9.90 Å². The maximum absolute atomic E-state index is 11.6. The van der Waals surface area contributed by atoms with E-state index in [-0.39, 0.29) is 24.3 Å². The first-order valence-electron chi connectivity index (χ1n) is 10.5. The second-order valence-electron chi connectivity index (χ2n) is 8.09. The number of carbonyl (C=O) groups is 1. The minimum Gasteiger partial charge on any atom is -0.486 e. The summed E-state index contributed by atoms with van der Waals surface area (Å²) in [7, 11) is 0. The Morgan fingerprint density at radius 1 is 1.27 bits per heavy atom. The van der Waals surface area contributed by atoms with E-state index in [1.165, 1.54) is 10.9 Å². The van der Waals surface area contributed by atoms with Crippen molar-refractivity contribution in [3.63, 3.8) is 0 Å². The number of fused-ring (bicyclic) bond motifs is 4. The summed E-state index contributed by atoms with van der Waals surface area (Å²) in [5, 5.41) is 18.1. The lowest BCUT2D eigenvalue weighted by molar-refractivity contribution is 0.0483. The fourth-order valence-electron chi connectivity index (χ4n) is 4.46. The number of rotatable bonds is 4. The molecule has 0 aliphatic carbocycles. The normalized spacial score (nSPS) is 19.7. The van der Waals surface area contributed by atoms with Gasteiger partial charge in [0.1, 0.15) is 17.9 Å². The molecular weight excluding hydrogens is 428 g/mol. The van der Waals surface area contributed by atoms with E-state index in [0.717, 1.165) is 16.6 Å². The van der Waals surface area contributed by atoms with Gasteiger partial charge in [-0.3, -0.25) is 0 Å². The van der Waals surface area contributed by atoms with Crippen LogP contribution in [0.1, 0.15) is 23.1 Å². The highest BCUT2D eigenvalue weighted by Crippen LogP contribution is 2.39. The number of pyridine rings is 1. The van der Waals surface area contributed by atoms with Crippen molar-refractivity contribution in [2.24, 2.45) is 0 Å². The predicted octanol–water partition coefficient (Wildman–Crippen LogP) is 1.34. The quantitative estimate of drug-likeness (QED) is 0.469. The molecule has 0 bridgehead atoms. The summed E-state index contributed by atoms with van der Waals surface area (Å²) in [6.07, 6.45) is 4.73. The van der Waals surface area contributed by atoms with E-state index < -0.39 is 5.97 Å². The average molecular weight is 448 g/mol. The standard InChI is InChI=1S/C21H20N8O4/c1-11-8-32-9-12-10-33-17-15(7-28-16(21(30)31)6-24-27-28)25-19(26-20(17)29(11)12)14-3-5-23-18-13(14)2-4-22-18/h2-6,11-12H,7-10H2,1H3,(H,22,23)(H,30,31)/t11-,12+/m1/s1. The lowest BCUT2D eigenvalue weighted by Gasteiger charge is -2.44. The van der Waals surface area contributed by atoms with Gasteiger partial charge in [-0.2, -0.15) is 0 Å². The van der Waals surface area contributed by atoms with Crippen LogP contribution in [-0.2, 0) is 11.3 Å². The fourth-order valence-corrected chi connectivity index (χ4v) is 4.46. The molecule has 4 aromatic rings. The first-order chi connectivity index (χ1) is 16.1. The van der Waals surface area contributed by atoms with E-state index in [1.807, 2.05) is 18.3 Å². The van der Waals surface area contributed by atoms with Gasteiger partial charge in [-0.05, 0) is 19.1 Å². The van der Waals surface area contributed by atoms with Crippen molar-refractivity contribution < 1.29 is 19.4 Å². The lowest BCUT2D eigenvalue weighted by Crippen LogP contribution is -2.56. The molecule has 6 heterocycles. The van der Waals surface area contributed by atoms with Crippen molar-refractivity contribution in [3.05, 3.63) is 42.1 Å². The Labute approximate surface area is 187 Å². The topological polar surface area (TPSA) is 144 Å². The highest BCUT2D eigenvalue weighted by Gasteiger charge is 2.38. The van der Waals surface area contributed by atoms with Crippen LogP contribution < -0.4 is 9.64 Å². The van der Waals surface area contributed by atoms with Crippen LogP contribution in [0.25, 0.3) is 22.4 Å². The molecule has 4 aromatic heterocycles. The second-order valence-corrected chi connectivity index (χ2v) is 8.09. The first-order valence-corrected chi connectivity index (χ1v) is 10.5. The van der Waals surface area contributed by atoms with Crippen LogP contribution in [0.4, 0.5) is 5.82 Å². The van der Waals surface area contributed by atoms with Gasteiger partial charge in [0.15, 0.2) is 23.1 Å². The predicted molar refractivity (Wildman–Crippen MR) is 115 cm³/mol. The van der Waals surface area contributed by atoms with Gasteiger partial charge in [0.25, 0.3) is 0 Å². The second kappa shape index (κ2) is 7.52. The van der Waals surface area contributed by atoms with Crippen LogP contribution in [0.3, 0.4) is 0 Å². The van der Waals surface area contributed by atoms with Crippen LogP contribution in [0.5, 0.6) is 5.75 Å². The molecule has 12 heteroatoms. The number of nitrogens with zero attached hydrogens (tertiary/aromatic N) is 7. The minimum atomic E-state index is -1.12. The fraction of sp³-hybridized carbons (Fsp3) is 0.333. The zero-order valence-corrected chi connectivity index (χ0v) is 17.7. The SMILES string of the molecule is C[C@@H]1COC[C@H]2COc3c(Cn4nncc4C(=O)O)nc(-c4ccnc5[nH]ccc45)nc3N21. The van der Waals surface area contributed by atoms with Crippen molar-refractivity contribution in [2.75, 3.05) is 24.7 Å². The smallest absolute Gasteiger partial charge is 0.355 e. The third-order valence-corrected chi connectivity index (χ3v) is 5.96. The Kier molecular flexibility index (Phi) is 4.47. The molecule has 6 rings (SSSR count). The number of hydrogen-bond donors (Lipinski definition) is 2. The summed E-state index contributed by atoms with van der Waals surface area (Å²) in [4.78, 5) is 31.0. The number of aromatic carboxylic acids is 1. The van der Waals surface area contributed by atoms with E-state index in [1.54, 1.807) is 6.20 Å². The molecule has 12 nitrogen and oxygen atoms in total. The summed E-state index contributed by atoms with van der Waals surface area (Å²) in [6.45, 7) is 3.70. The van der Waals surface area contributed by atoms with Gasteiger partial charge in [-0.25, -0.2) is 24.4 Å². The number of anilines is 1. The monoisotopic (exact) mass is 448 g/mol. The zero-order chi connectivity index (χ0) is 22.5. The summed E-state index contributed by atoms with van der Waals surface area (Å²) >= 11 is 0. The summed E-state index contributed by atoms with van der Waals surface area (Å²) in [5.41, 5.74) is 2.04. The highest BCUT2D eigenvalue weighted by molar-refractivity contribution is 5.91. The Morgan fingerprint density at radius 3 is 3.06 bits per heavy atom. The molecule has 2 aliphatic heterocycles. The van der Waals surface area contributed by atoms with Gasteiger partial charge in [-0.1, -0.05) is 5.21 Å². The van der Waals surface area contributed by atoms with Crippen LogP contribution in [0, 0.1) is 0 Å². The summed E-state index contributed by atoms with van der Waals surface area (Å²) < 4.78 is 13.1. The number of H-pyrrole nitrogens is 1. The number of aromatic amines is 1. The van der Waals surface area contributed by atoms with Crippen molar-refractivity contribution in [1.82, 2.24) is 34.9 Å². The van der Waals surface area contributed by atoms with Crippen LogP contribution in [0.2, 0.25) is 0 Å². The van der Waals surface area contributed by atoms with E-state index in [0.29, 0.717) is 42.9 Å². The summed E-state index contributed by atoms with van der Waals surface area (Å²) in [5.74, 6) is 0.569. The number of carboxylic acids is 1. The van der Waals surface area contributed by atoms with Crippen molar-refractivity contribution in [3.8, 4) is 17.1 Å². The third-order valence-electron chi connectivity index (χ3n) is 5.96. The molecule has 2 atom stereocenters. The average Bonchev–Trinajstić information content (AvgIpc) is 3.48. The molecule has 0 unspecified atom stereocenters. The number of carboxylic acid groups (broad SMARTS) is 1. The van der Waals surface area contributed by atoms with Crippen molar-refractivity contribution >= 4 is 22.8 Å². The Hall–Kier alpha value is -4.06. The van der Waals surface area contributed by atoms with Gasteiger partial charge in [-0.15, -0.1) is 5.10 Å². The maximum Gasteiger partial charge on any atom is 0.355 e. The number of ether oxygens (including phenoxy) is 2. The van der Waals surface area contributed by atoms with Crippen LogP contribution >= 0.6 is 0 Å². The highest BCUT2D eigenvalue weighted by atomic mass is 16.5. The molecule has 2 N–H and O–H groups in total. The Balaban J connectivity index is 1.55. The van der Waals surface area contributed by atoms with Gasteiger partial charge >= 0.3 is 5.97 Å². The number of morpholine rings is 1. The first kappa shape index (κ1) is 19.6. The lowest BCUT2D eigenvalue weighted by atomic mass is 10.1. The Morgan fingerprint density at radius 2 is 2.18 bits per heavy atom. The largest absolute Gasteiger partial charge is 0.486 e. The van der Waals surface area contributed by atoms with E-state index in [4.69, 9.17) is 19.4 Å². The molecule has 0 radical (unpaired) electrons. The Bertz CT molecular complexity index is 1370. The number of nitrogens with one attached hydrogen (secondary N) is 1. The molecule has 0 spiro atoms. The van der Waals surface area contributed by atoms with Gasteiger partial charge in [0.2, 0.25) is 0 Å². The third kappa shape index (κ3) is 3.18. The van der Waals surface area contributed by atoms with E-state index >= 15 is 0 Å². The van der Waals surface area contributed by atoms with Gasteiger partial charge in [0.05, 0.1) is 38.0 Å². The minimum absolute atomic E-state index is 0.0301. The van der Waals surface area contributed by atoms with Crippen LogP contribution in [-0.4, -0.2) is 77.9 Å². The maximum atomic E-state index is 11.6. The molecule has 0 saturated carbocycles. The number of aromatic nitrogens is 7. The molecule has 2 aliphatic rings. The van der Waals surface area contributed by atoms with E-state index in [2.05, 4.69) is 32.1 Å². The molecule has 168 valence electrons.